The van der Waals surface area contributed by atoms with Crippen LogP contribution in [0.25, 0.3) is 0 Å². The number of para-hydroxylation sites is 1. The maximum atomic E-state index is 13.8. The summed E-state index contributed by atoms with van der Waals surface area (Å²) in [6.45, 7) is 1.19. The average molecular weight is 306 g/mol. The number of anilines is 1. The van der Waals surface area contributed by atoms with Gasteiger partial charge in [-0.2, -0.15) is 0 Å². The van der Waals surface area contributed by atoms with E-state index < -0.39 is 5.82 Å². The van der Waals surface area contributed by atoms with Crippen LogP contribution in [-0.2, 0) is 9.59 Å². The second kappa shape index (κ2) is 7.92. The molecule has 0 saturated heterocycles. The van der Waals surface area contributed by atoms with Gasteiger partial charge in [-0.15, -0.1) is 0 Å². The number of nitrogens with zero attached hydrogens (tertiary/aromatic N) is 1. The maximum Gasteiger partial charge on any atom is 0.240 e. The molecule has 1 aromatic carbocycles. The molecule has 0 atom stereocenters. The molecule has 120 valence electrons. The summed E-state index contributed by atoms with van der Waals surface area (Å²) in [5.74, 6) is -1.08. The largest absolute Gasteiger partial charge is 0.352 e. The fraction of sp³-hybridized carbons (Fsp3) is 0.529. The minimum absolute atomic E-state index is 0.144. The number of halogens is 1. The molecule has 2 amide bonds. The summed E-state index contributed by atoms with van der Waals surface area (Å²) < 4.78 is 13.8. The zero-order chi connectivity index (χ0) is 15.9. The van der Waals surface area contributed by atoms with Crippen LogP contribution in [0, 0.1) is 5.82 Å². The Morgan fingerprint density at radius 2 is 1.82 bits per heavy atom. The molecule has 0 aliphatic heterocycles. The summed E-state index contributed by atoms with van der Waals surface area (Å²) >= 11 is 0. The highest BCUT2D eigenvalue weighted by molar-refractivity contribution is 5.97. The van der Waals surface area contributed by atoms with E-state index in [4.69, 9.17) is 0 Å². The number of amides is 2. The molecular formula is C17H23FN2O2. The molecule has 4 nitrogen and oxygen atoms in total. The zero-order valence-corrected chi connectivity index (χ0v) is 13.0. The molecule has 0 radical (unpaired) electrons. The van der Waals surface area contributed by atoms with Gasteiger partial charge in [0.05, 0.1) is 5.69 Å². The second-order valence-electron chi connectivity index (χ2n) is 5.81. The SMILES string of the molecule is CC(=O)N(CC(=O)NC1CCCCCC1)c1ccccc1F. The topological polar surface area (TPSA) is 49.4 Å². The van der Waals surface area contributed by atoms with Gasteiger partial charge >= 0.3 is 0 Å². The van der Waals surface area contributed by atoms with E-state index in [0.717, 1.165) is 25.7 Å². The first-order chi connectivity index (χ1) is 10.6. The number of hydrogen-bond donors (Lipinski definition) is 1. The second-order valence-corrected chi connectivity index (χ2v) is 5.81. The summed E-state index contributed by atoms with van der Waals surface area (Å²) in [5.41, 5.74) is 0.144. The average Bonchev–Trinajstić information content (AvgIpc) is 2.74. The van der Waals surface area contributed by atoms with Gasteiger partial charge in [0.15, 0.2) is 0 Å². The van der Waals surface area contributed by atoms with Crippen LogP contribution in [0.3, 0.4) is 0 Å². The van der Waals surface area contributed by atoms with Crippen LogP contribution in [0.15, 0.2) is 24.3 Å². The first-order valence-electron chi connectivity index (χ1n) is 7.90. The molecule has 5 heteroatoms. The lowest BCUT2D eigenvalue weighted by atomic mass is 10.1. The molecule has 1 saturated carbocycles. The molecule has 0 bridgehead atoms. The monoisotopic (exact) mass is 306 g/mol. The number of carbonyl (C=O) groups is 2. The van der Waals surface area contributed by atoms with Gasteiger partial charge in [0.25, 0.3) is 0 Å². The van der Waals surface area contributed by atoms with Crippen molar-refractivity contribution >= 4 is 17.5 Å². The fourth-order valence-electron chi connectivity index (χ4n) is 2.88. The third kappa shape index (κ3) is 4.55. The summed E-state index contributed by atoms with van der Waals surface area (Å²) in [5, 5.41) is 2.98. The predicted molar refractivity (Wildman–Crippen MR) is 84.1 cm³/mol. The molecule has 1 aromatic rings. The van der Waals surface area contributed by atoms with Crippen molar-refractivity contribution in [3.8, 4) is 0 Å². The van der Waals surface area contributed by atoms with E-state index in [1.165, 1.54) is 36.8 Å². The molecule has 1 aliphatic carbocycles. The number of benzene rings is 1. The van der Waals surface area contributed by atoms with Crippen LogP contribution >= 0.6 is 0 Å². The lowest BCUT2D eigenvalue weighted by Crippen LogP contribution is -2.44. The van der Waals surface area contributed by atoms with E-state index in [9.17, 15) is 14.0 Å². The van der Waals surface area contributed by atoms with Crippen molar-refractivity contribution in [2.75, 3.05) is 11.4 Å². The summed E-state index contributed by atoms with van der Waals surface area (Å²) in [4.78, 5) is 25.1. The molecule has 0 spiro atoms. The zero-order valence-electron chi connectivity index (χ0n) is 13.0. The highest BCUT2D eigenvalue weighted by Crippen LogP contribution is 2.19. The Bertz CT molecular complexity index is 525. The van der Waals surface area contributed by atoms with Crippen molar-refractivity contribution in [2.24, 2.45) is 0 Å². The van der Waals surface area contributed by atoms with Gasteiger partial charge in [0.2, 0.25) is 11.8 Å². The first kappa shape index (κ1) is 16.5. The van der Waals surface area contributed by atoms with Crippen molar-refractivity contribution in [2.45, 2.75) is 51.5 Å². The Kier molecular flexibility index (Phi) is 5.92. The first-order valence-corrected chi connectivity index (χ1v) is 7.90. The van der Waals surface area contributed by atoms with Gasteiger partial charge in [-0.3, -0.25) is 9.59 Å². The van der Waals surface area contributed by atoms with Gasteiger partial charge in [-0.25, -0.2) is 4.39 Å². The van der Waals surface area contributed by atoms with E-state index in [1.54, 1.807) is 12.1 Å². The van der Waals surface area contributed by atoms with Gasteiger partial charge in [0, 0.05) is 13.0 Å². The Balaban J connectivity index is 2.00. The van der Waals surface area contributed by atoms with E-state index in [-0.39, 0.29) is 30.1 Å². The summed E-state index contributed by atoms with van der Waals surface area (Å²) in [7, 11) is 0. The van der Waals surface area contributed by atoms with Crippen molar-refractivity contribution in [1.29, 1.82) is 0 Å². The van der Waals surface area contributed by atoms with Gasteiger partial charge in [0.1, 0.15) is 12.4 Å². The van der Waals surface area contributed by atoms with Crippen molar-refractivity contribution in [1.82, 2.24) is 5.32 Å². The van der Waals surface area contributed by atoms with Gasteiger partial charge in [-0.1, -0.05) is 37.8 Å². The Hall–Kier alpha value is -1.91. The summed E-state index contributed by atoms with van der Waals surface area (Å²) in [6, 6.07) is 6.18. The standard InChI is InChI=1S/C17H23FN2O2/c1-13(21)20(16-11-7-6-10-15(16)18)12-17(22)19-14-8-4-2-3-5-9-14/h6-7,10-11,14H,2-5,8-9,12H2,1H3,(H,19,22). The normalized spacial score (nSPS) is 15.9. The number of carbonyl (C=O) groups excluding carboxylic acids is 2. The maximum absolute atomic E-state index is 13.8. The molecule has 2 rings (SSSR count). The lowest BCUT2D eigenvalue weighted by Gasteiger charge is -2.23. The van der Waals surface area contributed by atoms with Crippen molar-refractivity contribution in [3.63, 3.8) is 0 Å². The van der Waals surface area contributed by atoms with Crippen molar-refractivity contribution in [3.05, 3.63) is 30.1 Å². The molecular weight excluding hydrogens is 283 g/mol. The smallest absolute Gasteiger partial charge is 0.240 e. The molecule has 0 aromatic heterocycles. The molecule has 1 N–H and O–H groups in total. The predicted octanol–water partition coefficient (Wildman–Crippen LogP) is 3.02. The van der Waals surface area contributed by atoms with Crippen LogP contribution < -0.4 is 10.2 Å². The number of nitrogens with one attached hydrogen (secondary N) is 1. The third-order valence-electron chi connectivity index (χ3n) is 4.05. The lowest BCUT2D eigenvalue weighted by molar-refractivity contribution is -0.123. The Morgan fingerprint density at radius 1 is 1.18 bits per heavy atom. The quantitative estimate of drug-likeness (QED) is 0.869. The Morgan fingerprint density at radius 3 is 2.41 bits per heavy atom. The molecule has 1 aliphatic rings. The molecule has 1 fully saturated rings. The van der Waals surface area contributed by atoms with Gasteiger partial charge in [-0.05, 0) is 25.0 Å². The third-order valence-corrected chi connectivity index (χ3v) is 4.05. The highest BCUT2D eigenvalue weighted by Gasteiger charge is 2.21. The van der Waals surface area contributed by atoms with Gasteiger partial charge < -0.3 is 10.2 Å². The Labute approximate surface area is 130 Å². The fourth-order valence-corrected chi connectivity index (χ4v) is 2.88. The van der Waals surface area contributed by atoms with Crippen molar-refractivity contribution < 1.29 is 14.0 Å². The van der Waals surface area contributed by atoms with Crippen LogP contribution in [-0.4, -0.2) is 24.4 Å². The summed E-state index contributed by atoms with van der Waals surface area (Å²) in [6.07, 6.45) is 6.61. The van der Waals surface area contributed by atoms with E-state index in [2.05, 4.69) is 5.32 Å². The number of hydrogen-bond acceptors (Lipinski definition) is 2. The van der Waals surface area contributed by atoms with E-state index in [1.807, 2.05) is 0 Å². The van der Waals surface area contributed by atoms with Crippen LogP contribution in [0.5, 0.6) is 0 Å². The van der Waals surface area contributed by atoms with E-state index >= 15 is 0 Å². The van der Waals surface area contributed by atoms with Crippen LogP contribution in [0.4, 0.5) is 10.1 Å². The van der Waals surface area contributed by atoms with Crippen LogP contribution in [0.1, 0.15) is 45.4 Å². The molecule has 22 heavy (non-hydrogen) atoms. The minimum Gasteiger partial charge on any atom is -0.352 e. The minimum atomic E-state index is -0.500. The molecule has 0 heterocycles. The van der Waals surface area contributed by atoms with E-state index in [0.29, 0.717) is 0 Å². The molecule has 0 unspecified atom stereocenters. The number of rotatable bonds is 4. The van der Waals surface area contributed by atoms with Crippen LogP contribution in [0.2, 0.25) is 0 Å². The highest BCUT2D eigenvalue weighted by atomic mass is 19.1.